The average molecular weight is 864 g/mol. The van der Waals surface area contributed by atoms with Gasteiger partial charge in [-0.15, -0.1) is 23.8 Å². The summed E-state index contributed by atoms with van der Waals surface area (Å²) in [6.07, 6.45) is 4.03. The fourth-order valence-electron chi connectivity index (χ4n) is 6.06. The van der Waals surface area contributed by atoms with Crippen molar-refractivity contribution in [1.82, 2.24) is 9.97 Å². The van der Waals surface area contributed by atoms with Crippen molar-refractivity contribution in [3.05, 3.63) is 151 Å². The molecule has 233 valence electrons. The monoisotopic (exact) mass is 865 g/mol. The van der Waals surface area contributed by atoms with Gasteiger partial charge in [0, 0.05) is 31.0 Å². The van der Waals surface area contributed by atoms with E-state index in [2.05, 4.69) is 139 Å². The van der Waals surface area contributed by atoms with E-state index in [0.29, 0.717) is 0 Å². The van der Waals surface area contributed by atoms with Crippen LogP contribution in [0.3, 0.4) is 0 Å². The Morgan fingerprint density at radius 1 is 0.617 bits per heavy atom. The SMILES string of the molecule is Cc1cc(-c2[c-]cccc2)nc[c]1[Ge]([CH3])([CH3])[CH3].[Ir].[c-]1ccc2c(sc3c(-c4ccccc4)cccc32)c1-c1cc2ccccc2cn1. The Balaban J connectivity index is 0.000000185. The van der Waals surface area contributed by atoms with Crippen LogP contribution in [-0.2, 0) is 20.1 Å². The molecule has 0 aliphatic heterocycles. The first-order valence-electron chi connectivity index (χ1n) is 15.6. The average Bonchev–Trinajstić information content (AvgIpc) is 3.48. The molecule has 0 unspecified atom stereocenters. The number of hydrogen-bond acceptors (Lipinski definition) is 3. The largest absolute Gasteiger partial charge is 0.304 e. The van der Waals surface area contributed by atoms with Crippen molar-refractivity contribution >= 4 is 59.9 Å². The summed E-state index contributed by atoms with van der Waals surface area (Å²) in [6, 6.07) is 48.8. The van der Waals surface area contributed by atoms with Crippen molar-refractivity contribution in [3.63, 3.8) is 0 Å². The topological polar surface area (TPSA) is 25.8 Å². The van der Waals surface area contributed by atoms with Gasteiger partial charge in [0.2, 0.25) is 0 Å². The summed E-state index contributed by atoms with van der Waals surface area (Å²) < 4.78 is 4.05. The summed E-state index contributed by atoms with van der Waals surface area (Å²) in [6.45, 7) is 2.19. The van der Waals surface area contributed by atoms with Crippen LogP contribution in [0.1, 0.15) is 5.56 Å². The Bertz CT molecular complexity index is 2310. The summed E-state index contributed by atoms with van der Waals surface area (Å²) in [5, 5.41) is 4.93. The van der Waals surface area contributed by atoms with Crippen molar-refractivity contribution in [3.8, 4) is 33.6 Å². The second kappa shape index (κ2) is 14.1. The van der Waals surface area contributed by atoms with E-state index in [-0.39, 0.29) is 20.1 Å². The number of rotatable bonds is 4. The van der Waals surface area contributed by atoms with Gasteiger partial charge in [-0.2, -0.15) is 11.3 Å². The van der Waals surface area contributed by atoms with Gasteiger partial charge in [0.15, 0.2) is 0 Å². The second-order valence-electron chi connectivity index (χ2n) is 12.6. The van der Waals surface area contributed by atoms with E-state index < -0.39 is 13.3 Å². The first kappa shape index (κ1) is 33.0. The van der Waals surface area contributed by atoms with Crippen LogP contribution in [0.5, 0.6) is 0 Å². The summed E-state index contributed by atoms with van der Waals surface area (Å²) in [7, 11) is 0. The summed E-state index contributed by atoms with van der Waals surface area (Å²) in [4.78, 5) is 9.35. The zero-order valence-electron chi connectivity index (χ0n) is 26.8. The number of aromatic nitrogens is 2. The van der Waals surface area contributed by atoms with Gasteiger partial charge in [-0.3, -0.25) is 0 Å². The minimum absolute atomic E-state index is 0. The van der Waals surface area contributed by atoms with Crippen LogP contribution in [0, 0.1) is 19.1 Å². The maximum Gasteiger partial charge on any atom is 0.0318 e. The molecule has 5 heteroatoms. The molecule has 2 nitrogen and oxygen atoms in total. The number of benzene rings is 5. The third kappa shape index (κ3) is 6.88. The molecule has 47 heavy (non-hydrogen) atoms. The number of fused-ring (bicyclic) bond motifs is 4. The predicted octanol–water partition coefficient (Wildman–Crippen LogP) is 11.1. The zero-order chi connectivity index (χ0) is 31.7. The molecule has 0 spiro atoms. The Morgan fingerprint density at radius 2 is 1.34 bits per heavy atom. The van der Waals surface area contributed by atoms with Crippen molar-refractivity contribution in [2.45, 2.75) is 24.2 Å². The molecule has 0 aliphatic rings. The first-order chi connectivity index (χ1) is 22.4. The van der Waals surface area contributed by atoms with E-state index in [9.17, 15) is 0 Å². The van der Waals surface area contributed by atoms with Gasteiger partial charge in [-0.25, -0.2) is 0 Å². The predicted molar refractivity (Wildman–Crippen MR) is 201 cm³/mol. The standard InChI is InChI=1S/C27H16NS.C15H18GeN.Ir/c1-2-8-18(9-3-1)21-12-6-13-22-23-14-7-15-24(27(23)29-26(21)22)25-16-19-10-4-5-11-20(19)17-28-25;1-12-10-15(13-8-6-5-7-9-13)17-11-14(12)16(2,3)4;/h1-14,16-17H;5-8,10-11H,1-4H3;/q2*-1;. The van der Waals surface area contributed by atoms with Gasteiger partial charge in [0.1, 0.15) is 0 Å². The number of aryl methyl sites for hydroxylation is 1. The Hall–Kier alpha value is -3.93. The van der Waals surface area contributed by atoms with Crippen LogP contribution >= 0.6 is 11.3 Å². The van der Waals surface area contributed by atoms with Crippen LogP contribution in [0.2, 0.25) is 17.3 Å². The van der Waals surface area contributed by atoms with Gasteiger partial charge >= 0.3 is 106 Å². The molecule has 0 N–H and O–H groups in total. The number of thiophene rings is 1. The number of hydrogen-bond donors (Lipinski definition) is 0. The van der Waals surface area contributed by atoms with E-state index in [1.807, 2.05) is 47.9 Å². The Morgan fingerprint density at radius 3 is 2.09 bits per heavy atom. The molecule has 1 radical (unpaired) electrons. The zero-order valence-corrected chi connectivity index (χ0v) is 32.1. The van der Waals surface area contributed by atoms with Gasteiger partial charge in [0.25, 0.3) is 0 Å². The molecule has 0 fully saturated rings. The van der Waals surface area contributed by atoms with E-state index >= 15 is 0 Å². The molecule has 0 atom stereocenters. The molecule has 0 saturated heterocycles. The number of nitrogens with zero attached hydrogens (tertiary/aromatic N) is 2. The second-order valence-corrected chi connectivity index (χ2v) is 24.2. The molecule has 0 aliphatic carbocycles. The summed E-state index contributed by atoms with van der Waals surface area (Å²) in [5.74, 6) is 7.20. The van der Waals surface area contributed by atoms with E-state index in [0.717, 1.165) is 27.9 Å². The van der Waals surface area contributed by atoms with Gasteiger partial charge < -0.3 is 4.98 Å². The third-order valence-corrected chi connectivity index (χ3v) is 14.1. The molecule has 5 aromatic carbocycles. The summed E-state index contributed by atoms with van der Waals surface area (Å²) >= 11 is 0.0661. The van der Waals surface area contributed by atoms with Gasteiger partial charge in [-0.05, 0) is 37.7 Å². The van der Waals surface area contributed by atoms with E-state index in [4.69, 9.17) is 4.98 Å². The fraction of sp³-hybridized carbons (Fsp3) is 0.0952. The van der Waals surface area contributed by atoms with Crippen LogP contribution < -0.4 is 4.40 Å². The molecule has 0 amide bonds. The molecular formula is C42H34GeIrN2S-2. The van der Waals surface area contributed by atoms with Crippen molar-refractivity contribution in [2.24, 2.45) is 0 Å². The maximum atomic E-state index is 4.75. The molecule has 0 saturated carbocycles. The minimum atomic E-state index is -1.77. The fourth-order valence-corrected chi connectivity index (χ4v) is 11.0. The summed E-state index contributed by atoms with van der Waals surface area (Å²) in [5.41, 5.74) is 8.05. The van der Waals surface area contributed by atoms with Crippen LogP contribution in [-0.4, -0.2) is 23.2 Å². The van der Waals surface area contributed by atoms with Crippen LogP contribution in [0.4, 0.5) is 0 Å². The molecule has 8 rings (SSSR count). The molecule has 8 aromatic rings. The molecule has 0 bridgehead atoms. The van der Waals surface area contributed by atoms with Gasteiger partial charge in [0.05, 0.1) is 0 Å². The van der Waals surface area contributed by atoms with Crippen molar-refractivity contribution < 1.29 is 20.1 Å². The Kier molecular flexibility index (Phi) is 9.86. The van der Waals surface area contributed by atoms with Crippen molar-refractivity contribution in [1.29, 1.82) is 0 Å². The number of pyridine rings is 2. The molecule has 3 aromatic heterocycles. The van der Waals surface area contributed by atoms with Crippen LogP contribution in [0.15, 0.2) is 134 Å². The molecule has 3 heterocycles. The maximum absolute atomic E-state index is 4.75. The van der Waals surface area contributed by atoms with E-state index in [1.54, 1.807) is 0 Å². The quantitative estimate of drug-likeness (QED) is 0.130. The normalized spacial score (nSPS) is 11.2. The van der Waals surface area contributed by atoms with Crippen molar-refractivity contribution in [2.75, 3.05) is 0 Å². The Labute approximate surface area is 297 Å². The van der Waals surface area contributed by atoms with Crippen LogP contribution in [0.25, 0.3) is 64.6 Å². The molecular weight excluding hydrogens is 829 g/mol. The smallest absolute Gasteiger partial charge is 0.0318 e. The first-order valence-corrected chi connectivity index (χ1v) is 23.7. The minimum Gasteiger partial charge on any atom is -0.304 e. The van der Waals surface area contributed by atoms with Gasteiger partial charge in [-0.1, -0.05) is 84.2 Å². The van der Waals surface area contributed by atoms with E-state index in [1.165, 1.54) is 46.6 Å². The third-order valence-electron chi connectivity index (χ3n) is 8.33.